The standard InChI is InChI=1S/C18H23N3OS/c1-13-10-14(2)12-16(11-13)21-9-6-19-18(21)23-15(3)17(22)20-7-4-5-8-20/h6,9-12,15H,4-5,7-8H2,1-3H3. The van der Waals surface area contributed by atoms with Gasteiger partial charge in [-0.05, 0) is 56.9 Å². The van der Waals surface area contributed by atoms with E-state index in [0.717, 1.165) is 36.8 Å². The van der Waals surface area contributed by atoms with Gasteiger partial charge in [0, 0.05) is 31.2 Å². The minimum atomic E-state index is -0.111. The maximum absolute atomic E-state index is 12.5. The number of nitrogens with zero attached hydrogens (tertiary/aromatic N) is 3. The molecule has 0 spiro atoms. The molecule has 1 fully saturated rings. The summed E-state index contributed by atoms with van der Waals surface area (Å²) in [5.41, 5.74) is 3.56. The Bertz CT molecular complexity index is 684. The number of imidazole rings is 1. The molecule has 0 aliphatic carbocycles. The first-order valence-corrected chi connectivity index (χ1v) is 9.00. The predicted molar refractivity (Wildman–Crippen MR) is 94.2 cm³/mol. The topological polar surface area (TPSA) is 38.1 Å². The lowest BCUT2D eigenvalue weighted by Gasteiger charge is -2.20. The van der Waals surface area contributed by atoms with Crippen LogP contribution in [-0.2, 0) is 4.79 Å². The van der Waals surface area contributed by atoms with Crippen LogP contribution in [0.5, 0.6) is 0 Å². The Labute approximate surface area is 141 Å². The molecule has 0 bridgehead atoms. The summed E-state index contributed by atoms with van der Waals surface area (Å²) in [4.78, 5) is 18.9. The highest BCUT2D eigenvalue weighted by molar-refractivity contribution is 8.00. The Kier molecular flexibility index (Phi) is 4.76. The Morgan fingerprint density at radius 3 is 2.48 bits per heavy atom. The van der Waals surface area contributed by atoms with Crippen LogP contribution in [0.2, 0.25) is 0 Å². The van der Waals surface area contributed by atoms with Gasteiger partial charge in [0.1, 0.15) is 0 Å². The molecule has 0 N–H and O–H groups in total. The van der Waals surface area contributed by atoms with E-state index >= 15 is 0 Å². The van der Waals surface area contributed by atoms with Gasteiger partial charge in [0.2, 0.25) is 5.91 Å². The van der Waals surface area contributed by atoms with E-state index in [2.05, 4.69) is 41.6 Å². The molecule has 1 aliphatic rings. The molecule has 2 aromatic rings. The van der Waals surface area contributed by atoms with Crippen molar-refractivity contribution in [2.75, 3.05) is 13.1 Å². The first-order chi connectivity index (χ1) is 11.0. The summed E-state index contributed by atoms with van der Waals surface area (Å²) in [5.74, 6) is 0.225. The lowest BCUT2D eigenvalue weighted by atomic mass is 10.1. The van der Waals surface area contributed by atoms with Crippen molar-refractivity contribution in [3.63, 3.8) is 0 Å². The largest absolute Gasteiger partial charge is 0.342 e. The molecule has 1 unspecified atom stereocenters. The summed E-state index contributed by atoms with van der Waals surface area (Å²) >= 11 is 1.54. The van der Waals surface area contributed by atoms with E-state index in [-0.39, 0.29) is 11.2 Å². The second-order valence-electron chi connectivity index (χ2n) is 6.22. The molecule has 5 heteroatoms. The number of amides is 1. The maximum atomic E-state index is 12.5. The normalized spacial score (nSPS) is 15.9. The van der Waals surface area contributed by atoms with Gasteiger partial charge in [-0.2, -0.15) is 0 Å². The van der Waals surface area contributed by atoms with Crippen LogP contribution in [0, 0.1) is 13.8 Å². The Balaban J connectivity index is 1.79. The third-order valence-corrected chi connectivity index (χ3v) is 5.21. The van der Waals surface area contributed by atoms with Crippen molar-refractivity contribution in [3.8, 4) is 5.69 Å². The molecule has 122 valence electrons. The van der Waals surface area contributed by atoms with Gasteiger partial charge in [-0.25, -0.2) is 4.98 Å². The fraction of sp³-hybridized carbons (Fsp3) is 0.444. The van der Waals surface area contributed by atoms with Crippen LogP contribution in [0.25, 0.3) is 5.69 Å². The molecule has 2 heterocycles. The summed E-state index contributed by atoms with van der Waals surface area (Å²) in [5, 5.41) is 0.759. The number of carbonyl (C=O) groups is 1. The van der Waals surface area contributed by atoms with E-state index in [1.54, 1.807) is 6.20 Å². The second-order valence-corrected chi connectivity index (χ2v) is 7.53. The Morgan fingerprint density at radius 1 is 1.17 bits per heavy atom. The molecule has 3 rings (SSSR count). The summed E-state index contributed by atoms with van der Waals surface area (Å²) in [6, 6.07) is 6.45. The number of carbonyl (C=O) groups excluding carboxylic acids is 1. The molecule has 4 nitrogen and oxygen atoms in total. The lowest BCUT2D eigenvalue weighted by molar-refractivity contribution is -0.129. The summed E-state index contributed by atoms with van der Waals surface area (Å²) < 4.78 is 2.07. The molecule has 1 saturated heterocycles. The van der Waals surface area contributed by atoms with Crippen molar-refractivity contribution in [2.24, 2.45) is 0 Å². The molecule has 23 heavy (non-hydrogen) atoms. The number of aryl methyl sites for hydroxylation is 2. The molecular weight excluding hydrogens is 306 g/mol. The third-order valence-electron chi connectivity index (χ3n) is 4.14. The van der Waals surface area contributed by atoms with Crippen LogP contribution in [0.4, 0.5) is 0 Å². The third kappa shape index (κ3) is 3.61. The average Bonchev–Trinajstić information content (AvgIpc) is 3.16. The summed E-state index contributed by atoms with van der Waals surface area (Å²) in [6.45, 7) is 7.97. The van der Waals surface area contributed by atoms with Gasteiger partial charge in [0.05, 0.1) is 5.25 Å². The monoisotopic (exact) mass is 329 g/mol. The number of likely N-dealkylation sites (tertiary alicyclic amines) is 1. The molecule has 0 radical (unpaired) electrons. The number of aromatic nitrogens is 2. The minimum absolute atomic E-state index is 0.111. The first-order valence-electron chi connectivity index (χ1n) is 8.12. The van der Waals surface area contributed by atoms with Crippen molar-refractivity contribution in [1.82, 2.24) is 14.5 Å². The van der Waals surface area contributed by atoms with Crippen molar-refractivity contribution < 1.29 is 4.79 Å². The Hall–Kier alpha value is -1.75. The molecule has 1 amide bonds. The van der Waals surface area contributed by atoms with Crippen LogP contribution in [-0.4, -0.2) is 38.7 Å². The molecule has 1 atom stereocenters. The van der Waals surface area contributed by atoms with Crippen LogP contribution >= 0.6 is 11.8 Å². The number of rotatable bonds is 4. The lowest BCUT2D eigenvalue weighted by Crippen LogP contribution is -2.34. The summed E-state index contributed by atoms with van der Waals surface area (Å²) in [6.07, 6.45) is 6.01. The van der Waals surface area contributed by atoms with Gasteiger partial charge in [-0.1, -0.05) is 17.8 Å². The van der Waals surface area contributed by atoms with Crippen LogP contribution in [0.1, 0.15) is 30.9 Å². The van der Waals surface area contributed by atoms with Crippen LogP contribution in [0.3, 0.4) is 0 Å². The van der Waals surface area contributed by atoms with Crippen LogP contribution < -0.4 is 0 Å². The fourth-order valence-corrected chi connectivity index (χ4v) is 4.03. The van der Waals surface area contributed by atoms with Gasteiger partial charge < -0.3 is 4.90 Å². The first kappa shape index (κ1) is 16.1. The number of hydrogen-bond acceptors (Lipinski definition) is 3. The molecule has 0 saturated carbocycles. The second kappa shape index (κ2) is 6.79. The minimum Gasteiger partial charge on any atom is -0.342 e. The molecular formula is C18H23N3OS. The number of hydrogen-bond donors (Lipinski definition) is 0. The van der Waals surface area contributed by atoms with Gasteiger partial charge in [0.15, 0.2) is 5.16 Å². The highest BCUT2D eigenvalue weighted by Gasteiger charge is 2.25. The zero-order chi connectivity index (χ0) is 16.4. The van der Waals surface area contributed by atoms with Crippen molar-refractivity contribution in [1.29, 1.82) is 0 Å². The van der Waals surface area contributed by atoms with E-state index in [1.165, 1.54) is 22.9 Å². The number of thioether (sulfide) groups is 1. The molecule has 1 aromatic heterocycles. The molecule has 1 aromatic carbocycles. The van der Waals surface area contributed by atoms with E-state index in [4.69, 9.17) is 0 Å². The van der Waals surface area contributed by atoms with Crippen LogP contribution in [0.15, 0.2) is 35.7 Å². The molecule has 1 aliphatic heterocycles. The SMILES string of the molecule is Cc1cc(C)cc(-n2ccnc2SC(C)C(=O)N2CCCC2)c1. The van der Waals surface area contributed by atoms with Crippen molar-refractivity contribution in [2.45, 2.75) is 44.0 Å². The van der Waals surface area contributed by atoms with E-state index in [9.17, 15) is 4.79 Å². The number of benzene rings is 1. The Morgan fingerprint density at radius 2 is 1.83 bits per heavy atom. The highest BCUT2D eigenvalue weighted by atomic mass is 32.2. The van der Waals surface area contributed by atoms with Gasteiger partial charge in [0.25, 0.3) is 0 Å². The predicted octanol–water partition coefficient (Wildman–Crippen LogP) is 3.59. The van der Waals surface area contributed by atoms with E-state index in [0.29, 0.717) is 0 Å². The van der Waals surface area contributed by atoms with Gasteiger partial charge in [-0.3, -0.25) is 9.36 Å². The van der Waals surface area contributed by atoms with Gasteiger partial charge >= 0.3 is 0 Å². The van der Waals surface area contributed by atoms with E-state index in [1.807, 2.05) is 18.0 Å². The van der Waals surface area contributed by atoms with Gasteiger partial charge in [-0.15, -0.1) is 0 Å². The average molecular weight is 329 g/mol. The summed E-state index contributed by atoms with van der Waals surface area (Å²) in [7, 11) is 0. The van der Waals surface area contributed by atoms with Crippen molar-refractivity contribution in [3.05, 3.63) is 41.7 Å². The van der Waals surface area contributed by atoms with Crippen molar-refractivity contribution >= 4 is 17.7 Å². The maximum Gasteiger partial charge on any atom is 0.235 e. The quantitative estimate of drug-likeness (QED) is 0.805. The smallest absolute Gasteiger partial charge is 0.235 e. The zero-order valence-corrected chi connectivity index (χ0v) is 14.8. The van der Waals surface area contributed by atoms with E-state index < -0.39 is 0 Å². The fourth-order valence-electron chi connectivity index (χ4n) is 3.07. The highest BCUT2D eigenvalue weighted by Crippen LogP contribution is 2.27. The zero-order valence-electron chi connectivity index (χ0n) is 14.0.